The summed E-state index contributed by atoms with van der Waals surface area (Å²) < 4.78 is 10.6. The first-order valence-electron chi connectivity index (χ1n) is 7.77. The summed E-state index contributed by atoms with van der Waals surface area (Å²) in [6.45, 7) is 4.73. The highest BCUT2D eigenvalue weighted by Gasteiger charge is 2.20. The van der Waals surface area contributed by atoms with Crippen molar-refractivity contribution in [1.82, 2.24) is 0 Å². The van der Waals surface area contributed by atoms with E-state index in [1.165, 1.54) is 17.8 Å². The van der Waals surface area contributed by atoms with Gasteiger partial charge in [-0.25, -0.2) is 4.79 Å². The van der Waals surface area contributed by atoms with Gasteiger partial charge in [0.25, 0.3) is 5.91 Å². The van der Waals surface area contributed by atoms with Gasteiger partial charge in [0, 0.05) is 11.4 Å². The van der Waals surface area contributed by atoms with Crippen LogP contribution in [0.2, 0.25) is 5.02 Å². The number of amides is 1. The van der Waals surface area contributed by atoms with Crippen LogP contribution in [0.5, 0.6) is 0 Å². The lowest BCUT2D eigenvalue weighted by atomic mass is 10.2. The van der Waals surface area contributed by atoms with Crippen LogP contribution in [-0.2, 0) is 14.3 Å². The summed E-state index contributed by atoms with van der Waals surface area (Å²) in [4.78, 5) is 25.0. The van der Waals surface area contributed by atoms with E-state index in [0.717, 1.165) is 18.6 Å². The number of carbonyl (C=O) groups is 2. The first kappa shape index (κ1) is 18.7. The Balaban J connectivity index is 2.10. The van der Waals surface area contributed by atoms with E-state index in [1.54, 1.807) is 19.1 Å². The molecule has 1 aromatic carbocycles. The number of unbranched alkanes of at least 4 members (excludes halogenated alkanes) is 1. The minimum absolute atomic E-state index is 0.240. The van der Waals surface area contributed by atoms with Gasteiger partial charge in [0.15, 0.2) is 0 Å². The van der Waals surface area contributed by atoms with Crippen molar-refractivity contribution in [3.8, 4) is 0 Å². The number of hydrogen-bond donors (Lipinski definition) is 1. The molecule has 2 rings (SSSR count). The van der Waals surface area contributed by atoms with Crippen molar-refractivity contribution in [3.05, 3.63) is 39.4 Å². The van der Waals surface area contributed by atoms with Crippen molar-refractivity contribution in [2.75, 3.05) is 24.3 Å². The van der Waals surface area contributed by atoms with Crippen LogP contribution in [0.25, 0.3) is 0 Å². The number of halogens is 1. The van der Waals surface area contributed by atoms with Crippen LogP contribution in [-0.4, -0.2) is 30.8 Å². The van der Waals surface area contributed by atoms with Crippen molar-refractivity contribution in [3.63, 3.8) is 0 Å². The molecule has 0 fully saturated rings. The molecule has 0 aromatic heterocycles. The third-order valence-electron chi connectivity index (χ3n) is 3.35. The fraction of sp³-hybridized carbons (Fsp3) is 0.412. The second-order valence-corrected chi connectivity index (χ2v) is 6.73. The number of thioether (sulfide) groups is 1. The highest BCUT2D eigenvalue weighted by atomic mass is 35.5. The maximum Gasteiger partial charge on any atom is 0.339 e. The van der Waals surface area contributed by atoms with E-state index in [0.29, 0.717) is 34.6 Å². The summed E-state index contributed by atoms with van der Waals surface area (Å²) in [6.07, 6.45) is 1.73. The number of nitrogens with one attached hydrogen (secondary N) is 1. The van der Waals surface area contributed by atoms with Gasteiger partial charge in [0.05, 0.1) is 23.8 Å². The molecule has 0 aliphatic carbocycles. The fourth-order valence-corrected chi connectivity index (χ4v) is 3.08. The van der Waals surface area contributed by atoms with Crippen LogP contribution in [0.3, 0.4) is 0 Å². The lowest BCUT2D eigenvalue weighted by Gasteiger charge is -2.18. The quantitative estimate of drug-likeness (QED) is 0.600. The molecular weight excluding hydrogens is 350 g/mol. The van der Waals surface area contributed by atoms with Crippen molar-refractivity contribution in [2.45, 2.75) is 26.7 Å². The maximum absolute atomic E-state index is 12.3. The van der Waals surface area contributed by atoms with Gasteiger partial charge in [0.1, 0.15) is 10.7 Å². The summed E-state index contributed by atoms with van der Waals surface area (Å²) >= 11 is 7.52. The van der Waals surface area contributed by atoms with Crippen LogP contribution < -0.4 is 5.32 Å². The van der Waals surface area contributed by atoms with Crippen molar-refractivity contribution in [2.24, 2.45) is 0 Å². The zero-order valence-corrected chi connectivity index (χ0v) is 15.3. The van der Waals surface area contributed by atoms with Gasteiger partial charge >= 0.3 is 5.97 Å². The Bertz CT molecular complexity index is 660. The van der Waals surface area contributed by atoms with E-state index in [9.17, 15) is 9.59 Å². The van der Waals surface area contributed by atoms with E-state index >= 15 is 0 Å². The number of hydrogen-bond acceptors (Lipinski definition) is 5. The molecule has 130 valence electrons. The average Bonchev–Trinajstić information content (AvgIpc) is 2.57. The topological polar surface area (TPSA) is 64.6 Å². The molecule has 5 nitrogen and oxygen atoms in total. The van der Waals surface area contributed by atoms with E-state index in [1.807, 2.05) is 6.92 Å². The number of esters is 1. The number of rotatable bonds is 6. The molecule has 0 atom stereocenters. The van der Waals surface area contributed by atoms with Gasteiger partial charge < -0.3 is 14.8 Å². The Morgan fingerprint density at radius 3 is 2.92 bits per heavy atom. The zero-order chi connectivity index (χ0) is 17.5. The molecular formula is C17H20ClNO4S. The van der Waals surface area contributed by atoms with E-state index in [2.05, 4.69) is 5.32 Å². The standard InChI is InChI=1S/C17H20ClNO4S/c1-3-4-7-23-17(21)13-10-12(5-6-14(13)18)19-16(20)15-11(2)22-8-9-24-15/h5-6,10H,3-4,7-9H2,1-2H3,(H,19,20). The highest BCUT2D eigenvalue weighted by molar-refractivity contribution is 8.04. The molecule has 1 aliphatic rings. The molecule has 0 saturated carbocycles. The van der Waals surface area contributed by atoms with Gasteiger partial charge in [-0.3, -0.25) is 4.79 Å². The van der Waals surface area contributed by atoms with Crippen molar-refractivity contribution >= 4 is 40.9 Å². The summed E-state index contributed by atoms with van der Waals surface area (Å²) in [5.41, 5.74) is 0.724. The van der Waals surface area contributed by atoms with E-state index < -0.39 is 5.97 Å². The molecule has 1 heterocycles. The smallest absolute Gasteiger partial charge is 0.339 e. The SMILES string of the molecule is CCCCOC(=O)c1cc(NC(=O)C2=C(C)OCCS2)ccc1Cl. The molecule has 24 heavy (non-hydrogen) atoms. The fourth-order valence-electron chi connectivity index (χ4n) is 2.07. The molecule has 1 aliphatic heterocycles. The summed E-state index contributed by atoms with van der Waals surface area (Å²) in [5, 5.41) is 3.06. The predicted octanol–water partition coefficient (Wildman–Crippen LogP) is 4.23. The number of anilines is 1. The van der Waals surface area contributed by atoms with Crippen LogP contribution in [0.1, 0.15) is 37.0 Å². The van der Waals surface area contributed by atoms with E-state index in [4.69, 9.17) is 21.1 Å². The molecule has 0 radical (unpaired) electrons. The largest absolute Gasteiger partial charge is 0.496 e. The Labute approximate surface area is 150 Å². The van der Waals surface area contributed by atoms with Gasteiger partial charge in [-0.15, -0.1) is 11.8 Å². The van der Waals surface area contributed by atoms with Crippen LogP contribution in [0, 0.1) is 0 Å². The Kier molecular flexibility index (Phi) is 6.99. The van der Waals surface area contributed by atoms with Gasteiger partial charge in [0.2, 0.25) is 0 Å². The summed E-state index contributed by atoms with van der Waals surface area (Å²) in [6, 6.07) is 4.74. The van der Waals surface area contributed by atoms with Crippen LogP contribution >= 0.6 is 23.4 Å². The third-order valence-corrected chi connectivity index (χ3v) is 4.81. The average molecular weight is 370 g/mol. The van der Waals surface area contributed by atoms with Gasteiger partial charge in [-0.1, -0.05) is 24.9 Å². The molecule has 0 spiro atoms. The lowest BCUT2D eigenvalue weighted by Crippen LogP contribution is -2.18. The zero-order valence-electron chi connectivity index (χ0n) is 13.7. The molecule has 1 N–H and O–H groups in total. The first-order valence-corrected chi connectivity index (χ1v) is 9.13. The third kappa shape index (κ3) is 4.92. The minimum Gasteiger partial charge on any atom is -0.496 e. The second-order valence-electron chi connectivity index (χ2n) is 5.22. The molecule has 0 bridgehead atoms. The molecule has 1 amide bonds. The van der Waals surface area contributed by atoms with E-state index in [-0.39, 0.29) is 11.5 Å². The molecule has 7 heteroatoms. The summed E-state index contributed by atoms with van der Waals surface area (Å²) in [7, 11) is 0. The monoisotopic (exact) mass is 369 g/mol. The van der Waals surface area contributed by atoms with Gasteiger partial charge in [-0.2, -0.15) is 0 Å². The van der Waals surface area contributed by atoms with Crippen molar-refractivity contribution in [1.29, 1.82) is 0 Å². The predicted molar refractivity (Wildman–Crippen MR) is 96.4 cm³/mol. The Morgan fingerprint density at radius 1 is 1.42 bits per heavy atom. The number of allylic oxidation sites excluding steroid dienone is 1. The first-order chi connectivity index (χ1) is 11.5. The summed E-state index contributed by atoms with van der Waals surface area (Å²) in [5.74, 6) is 0.590. The van der Waals surface area contributed by atoms with Gasteiger partial charge in [-0.05, 0) is 31.5 Å². The Hall–Kier alpha value is -1.66. The maximum atomic E-state index is 12.3. The van der Waals surface area contributed by atoms with Crippen LogP contribution in [0.4, 0.5) is 5.69 Å². The molecule has 0 unspecified atom stereocenters. The Morgan fingerprint density at radius 2 is 2.21 bits per heavy atom. The molecule has 0 saturated heterocycles. The normalized spacial score (nSPS) is 14.1. The number of ether oxygens (including phenoxy) is 2. The highest BCUT2D eigenvalue weighted by Crippen LogP contribution is 2.27. The number of carbonyl (C=O) groups excluding carboxylic acids is 2. The second kappa shape index (κ2) is 8.99. The number of benzene rings is 1. The van der Waals surface area contributed by atoms with Crippen molar-refractivity contribution < 1.29 is 19.1 Å². The van der Waals surface area contributed by atoms with Crippen LogP contribution in [0.15, 0.2) is 28.9 Å². The lowest BCUT2D eigenvalue weighted by molar-refractivity contribution is -0.112. The molecule has 1 aromatic rings. The minimum atomic E-state index is -0.490.